The summed E-state index contributed by atoms with van der Waals surface area (Å²) in [5.41, 5.74) is 2.06. The molecule has 0 atom stereocenters. The van der Waals surface area contributed by atoms with Crippen molar-refractivity contribution in [1.29, 1.82) is 0 Å². The van der Waals surface area contributed by atoms with E-state index in [1.165, 1.54) is 0 Å². The number of nitrogens with one attached hydrogen (secondary N) is 2. The van der Waals surface area contributed by atoms with E-state index in [4.69, 9.17) is 4.74 Å². The van der Waals surface area contributed by atoms with Crippen LogP contribution < -0.4 is 15.6 Å². The molecule has 2 rings (SSSR count). The maximum atomic E-state index is 11.9. The fourth-order valence-electron chi connectivity index (χ4n) is 2.32. The maximum Gasteiger partial charge on any atom is 0.254 e. The van der Waals surface area contributed by atoms with E-state index in [0.717, 1.165) is 11.3 Å². The molecule has 0 aliphatic carbocycles. The summed E-state index contributed by atoms with van der Waals surface area (Å²) in [7, 11) is 1.61. The Labute approximate surface area is 134 Å². The van der Waals surface area contributed by atoms with E-state index in [0.29, 0.717) is 30.0 Å². The lowest BCUT2D eigenvalue weighted by Crippen LogP contribution is -2.25. The van der Waals surface area contributed by atoms with Gasteiger partial charge in [0.2, 0.25) is 5.91 Å². The Balaban J connectivity index is 1.87. The summed E-state index contributed by atoms with van der Waals surface area (Å²) in [6.45, 7) is 3.97. The molecule has 0 aliphatic rings. The Hall–Kier alpha value is -2.63. The van der Waals surface area contributed by atoms with E-state index in [1.54, 1.807) is 21.0 Å². The molecule has 2 N–H and O–H groups in total. The number of aromatic nitrogens is 2. The largest absolute Gasteiger partial charge is 0.497 e. The van der Waals surface area contributed by atoms with Gasteiger partial charge in [-0.2, -0.15) is 0 Å². The molecule has 0 radical (unpaired) electrons. The van der Waals surface area contributed by atoms with Crippen LogP contribution in [0.1, 0.15) is 29.1 Å². The quantitative estimate of drug-likeness (QED) is 0.849. The highest BCUT2D eigenvalue weighted by atomic mass is 16.5. The van der Waals surface area contributed by atoms with Crippen LogP contribution in [0.25, 0.3) is 0 Å². The van der Waals surface area contributed by atoms with Gasteiger partial charge in [0.15, 0.2) is 0 Å². The summed E-state index contributed by atoms with van der Waals surface area (Å²) in [6.07, 6.45) is 0.633. The number of hydrogen-bond acceptors (Lipinski definition) is 4. The number of nitrogens with zero attached hydrogens (tertiary/aromatic N) is 1. The fraction of sp³-hybridized carbons (Fsp3) is 0.353. The number of hydrogen-bond donors (Lipinski definition) is 2. The topological polar surface area (TPSA) is 84.1 Å². The number of aryl methyl sites for hydroxylation is 2. The standard InChI is InChI=1S/C17H21N3O3/c1-11-15(17(22)20-12(2)19-11)8-9-16(21)18-10-13-4-6-14(23-3)7-5-13/h4-7H,8-10H2,1-3H3,(H,18,21)(H,19,20,22). The van der Waals surface area contributed by atoms with Crippen LogP contribution in [0.2, 0.25) is 0 Å². The minimum atomic E-state index is -0.169. The van der Waals surface area contributed by atoms with Gasteiger partial charge in [0.1, 0.15) is 11.6 Å². The van der Waals surface area contributed by atoms with E-state index < -0.39 is 0 Å². The van der Waals surface area contributed by atoms with Gasteiger partial charge in [-0.15, -0.1) is 0 Å². The van der Waals surface area contributed by atoms with Gasteiger partial charge in [-0.1, -0.05) is 12.1 Å². The molecule has 2 aromatic rings. The first-order chi connectivity index (χ1) is 11.0. The second-order valence-corrected chi connectivity index (χ2v) is 5.34. The third kappa shape index (κ3) is 4.67. The monoisotopic (exact) mass is 315 g/mol. The van der Waals surface area contributed by atoms with Crippen molar-refractivity contribution in [3.8, 4) is 5.75 Å². The molecule has 0 saturated heterocycles. The zero-order valence-corrected chi connectivity index (χ0v) is 13.6. The van der Waals surface area contributed by atoms with E-state index in [-0.39, 0.29) is 17.9 Å². The van der Waals surface area contributed by atoms with Gasteiger partial charge in [0.25, 0.3) is 5.56 Å². The molecule has 6 heteroatoms. The molecular formula is C17H21N3O3. The number of ether oxygens (including phenoxy) is 1. The van der Waals surface area contributed by atoms with Gasteiger partial charge in [-0.3, -0.25) is 9.59 Å². The highest BCUT2D eigenvalue weighted by Gasteiger charge is 2.09. The molecule has 1 amide bonds. The van der Waals surface area contributed by atoms with Gasteiger partial charge in [-0.05, 0) is 38.0 Å². The molecule has 1 aromatic carbocycles. The third-order valence-corrected chi connectivity index (χ3v) is 3.59. The highest BCUT2D eigenvalue weighted by molar-refractivity contribution is 5.76. The Kier molecular flexibility index (Phi) is 5.51. The zero-order chi connectivity index (χ0) is 16.8. The third-order valence-electron chi connectivity index (χ3n) is 3.59. The molecule has 0 saturated carbocycles. The Morgan fingerprint density at radius 1 is 1.26 bits per heavy atom. The molecule has 23 heavy (non-hydrogen) atoms. The number of aromatic amines is 1. The molecule has 6 nitrogen and oxygen atoms in total. The predicted octanol–water partition coefficient (Wildman–Crippen LogP) is 1.64. The summed E-state index contributed by atoms with van der Waals surface area (Å²) >= 11 is 0. The minimum Gasteiger partial charge on any atom is -0.497 e. The van der Waals surface area contributed by atoms with Crippen molar-refractivity contribution in [3.63, 3.8) is 0 Å². The average Bonchev–Trinajstić information content (AvgIpc) is 2.52. The van der Waals surface area contributed by atoms with E-state index in [9.17, 15) is 9.59 Å². The Morgan fingerprint density at radius 2 is 1.96 bits per heavy atom. The lowest BCUT2D eigenvalue weighted by molar-refractivity contribution is -0.121. The van der Waals surface area contributed by atoms with Crippen LogP contribution in [0.4, 0.5) is 0 Å². The normalized spacial score (nSPS) is 10.4. The zero-order valence-electron chi connectivity index (χ0n) is 13.6. The summed E-state index contributed by atoms with van der Waals surface area (Å²) < 4.78 is 5.09. The first kappa shape index (κ1) is 16.7. The van der Waals surface area contributed by atoms with Gasteiger partial charge >= 0.3 is 0 Å². The molecule has 0 spiro atoms. The number of carbonyl (C=O) groups excluding carboxylic acids is 1. The Bertz CT molecular complexity index is 736. The van der Waals surface area contributed by atoms with Crippen molar-refractivity contribution in [1.82, 2.24) is 15.3 Å². The molecular weight excluding hydrogens is 294 g/mol. The van der Waals surface area contributed by atoms with Gasteiger partial charge in [-0.25, -0.2) is 4.98 Å². The average molecular weight is 315 g/mol. The maximum absolute atomic E-state index is 11.9. The second kappa shape index (κ2) is 7.58. The number of carbonyl (C=O) groups is 1. The van der Waals surface area contributed by atoms with Gasteiger partial charge in [0, 0.05) is 24.2 Å². The lowest BCUT2D eigenvalue weighted by atomic mass is 10.1. The van der Waals surface area contributed by atoms with Crippen LogP contribution in [-0.2, 0) is 17.8 Å². The van der Waals surface area contributed by atoms with Crippen molar-refractivity contribution >= 4 is 5.91 Å². The summed E-state index contributed by atoms with van der Waals surface area (Å²) in [5, 5.41) is 2.84. The van der Waals surface area contributed by atoms with E-state index >= 15 is 0 Å². The molecule has 0 bridgehead atoms. The van der Waals surface area contributed by atoms with Crippen molar-refractivity contribution in [2.45, 2.75) is 33.2 Å². The summed E-state index contributed by atoms with van der Waals surface area (Å²) in [4.78, 5) is 30.7. The SMILES string of the molecule is COc1ccc(CNC(=O)CCc2c(C)nc(C)[nH]c2=O)cc1. The molecule has 1 heterocycles. The number of amides is 1. The van der Waals surface area contributed by atoms with E-state index in [2.05, 4.69) is 15.3 Å². The molecule has 0 unspecified atom stereocenters. The number of benzene rings is 1. The van der Waals surface area contributed by atoms with Crippen molar-refractivity contribution in [2.75, 3.05) is 7.11 Å². The van der Waals surface area contributed by atoms with Crippen LogP contribution >= 0.6 is 0 Å². The minimum absolute atomic E-state index is 0.0970. The first-order valence-corrected chi connectivity index (χ1v) is 7.45. The number of H-pyrrole nitrogens is 1. The van der Waals surface area contributed by atoms with Crippen molar-refractivity contribution < 1.29 is 9.53 Å². The van der Waals surface area contributed by atoms with Crippen LogP contribution in [-0.4, -0.2) is 23.0 Å². The molecule has 1 aromatic heterocycles. The van der Waals surface area contributed by atoms with Gasteiger partial charge < -0.3 is 15.0 Å². The van der Waals surface area contributed by atoms with Gasteiger partial charge in [0.05, 0.1) is 7.11 Å². The first-order valence-electron chi connectivity index (χ1n) is 7.45. The van der Waals surface area contributed by atoms with Crippen molar-refractivity contribution in [2.24, 2.45) is 0 Å². The van der Waals surface area contributed by atoms with E-state index in [1.807, 2.05) is 24.3 Å². The van der Waals surface area contributed by atoms with Crippen molar-refractivity contribution in [3.05, 3.63) is 57.3 Å². The van der Waals surface area contributed by atoms with Crippen LogP contribution in [0.3, 0.4) is 0 Å². The smallest absolute Gasteiger partial charge is 0.254 e. The fourth-order valence-corrected chi connectivity index (χ4v) is 2.32. The van der Waals surface area contributed by atoms with Crippen LogP contribution in [0.5, 0.6) is 5.75 Å². The second-order valence-electron chi connectivity index (χ2n) is 5.34. The summed E-state index contributed by atoms with van der Waals surface area (Å²) in [5.74, 6) is 1.27. The number of rotatable bonds is 6. The van der Waals surface area contributed by atoms with Crippen LogP contribution in [0, 0.1) is 13.8 Å². The number of methoxy groups -OCH3 is 1. The molecule has 0 aliphatic heterocycles. The molecule has 0 fully saturated rings. The predicted molar refractivity (Wildman–Crippen MR) is 87.5 cm³/mol. The lowest BCUT2D eigenvalue weighted by Gasteiger charge is -2.07. The Morgan fingerprint density at radius 3 is 2.57 bits per heavy atom. The summed E-state index contributed by atoms with van der Waals surface area (Å²) in [6, 6.07) is 7.50. The highest BCUT2D eigenvalue weighted by Crippen LogP contribution is 2.11. The molecule has 122 valence electrons. The van der Waals surface area contributed by atoms with Crippen LogP contribution in [0.15, 0.2) is 29.1 Å².